The molecule has 0 radical (unpaired) electrons. The normalized spacial score (nSPS) is 39.4. The van der Waals surface area contributed by atoms with Crippen LogP contribution in [0.25, 0.3) is 0 Å². The Morgan fingerprint density at radius 2 is 1.16 bits per heavy atom. The molecule has 0 atom stereocenters. The van der Waals surface area contributed by atoms with Gasteiger partial charge >= 0.3 is 0 Å². The van der Waals surface area contributed by atoms with Crippen LogP contribution in [-0.2, 0) is 0 Å². The van der Waals surface area contributed by atoms with Gasteiger partial charge in [-0.2, -0.15) is 0 Å². The van der Waals surface area contributed by atoms with E-state index in [0.29, 0.717) is 11.8 Å². The minimum absolute atomic E-state index is 0.489. The Balaban J connectivity index is 1.35. The molecule has 3 rings (SSSR count). The molecule has 0 unspecified atom stereocenters. The first kappa shape index (κ1) is 19.3. The van der Waals surface area contributed by atoms with Gasteiger partial charge in [-0.3, -0.25) is 0 Å². The molecule has 1 heteroatoms. The average molecular weight is 347 g/mol. The van der Waals surface area contributed by atoms with E-state index in [4.69, 9.17) is 0 Å². The Morgan fingerprint density at radius 3 is 1.68 bits per heavy atom. The summed E-state index contributed by atoms with van der Waals surface area (Å²) in [5, 5.41) is 0. The second kappa shape index (κ2) is 9.99. The zero-order valence-electron chi connectivity index (χ0n) is 16.4. The van der Waals surface area contributed by atoms with Crippen molar-refractivity contribution < 1.29 is 4.39 Å². The highest BCUT2D eigenvalue weighted by molar-refractivity contribution is 5.09. The van der Waals surface area contributed by atoms with Crippen LogP contribution in [0.3, 0.4) is 0 Å². The highest BCUT2D eigenvalue weighted by Crippen LogP contribution is 2.42. The van der Waals surface area contributed by atoms with E-state index < -0.39 is 6.17 Å². The van der Waals surface area contributed by atoms with Gasteiger partial charge in [0.15, 0.2) is 0 Å². The molecule has 0 aliphatic heterocycles. The summed E-state index contributed by atoms with van der Waals surface area (Å²) in [4.78, 5) is 0. The summed E-state index contributed by atoms with van der Waals surface area (Å²) in [6, 6.07) is 0. The van der Waals surface area contributed by atoms with Gasteiger partial charge in [0.2, 0.25) is 0 Å². The van der Waals surface area contributed by atoms with Crippen molar-refractivity contribution >= 4 is 0 Å². The molecule has 0 heterocycles. The third-order valence-corrected chi connectivity index (χ3v) is 7.44. The topological polar surface area (TPSA) is 0 Å². The maximum atomic E-state index is 13.2. The van der Waals surface area contributed by atoms with Gasteiger partial charge in [-0.15, -0.1) is 0 Å². The van der Waals surface area contributed by atoms with Crippen LogP contribution in [-0.4, -0.2) is 6.17 Å². The fraction of sp³-hybridized carbons (Fsp3) is 0.917. The number of rotatable bonds is 4. The quantitative estimate of drug-likeness (QED) is 0.468. The Bertz CT molecular complexity index is 421. The van der Waals surface area contributed by atoms with Gasteiger partial charge in [-0.25, -0.2) is 4.39 Å². The third-order valence-electron chi connectivity index (χ3n) is 7.44. The van der Waals surface area contributed by atoms with E-state index in [1.807, 2.05) is 0 Å². The third kappa shape index (κ3) is 6.01. The number of alkyl halides is 1. The molecule has 0 aromatic carbocycles. The summed E-state index contributed by atoms with van der Waals surface area (Å²) in [6.45, 7) is 2.32. The van der Waals surface area contributed by atoms with E-state index in [1.54, 1.807) is 0 Å². The van der Waals surface area contributed by atoms with Gasteiger partial charge in [0.05, 0.1) is 0 Å². The number of hydrogen-bond donors (Lipinski definition) is 0. The number of hydrogen-bond acceptors (Lipinski definition) is 0. The first-order chi connectivity index (χ1) is 12.2. The summed E-state index contributed by atoms with van der Waals surface area (Å²) in [7, 11) is 0. The van der Waals surface area contributed by atoms with Gasteiger partial charge in [0.25, 0.3) is 0 Å². The van der Waals surface area contributed by atoms with E-state index in [0.717, 1.165) is 43.4 Å². The lowest BCUT2D eigenvalue weighted by atomic mass is 9.68. The summed E-state index contributed by atoms with van der Waals surface area (Å²) in [5.74, 6) is 11.3. The van der Waals surface area contributed by atoms with Crippen LogP contribution in [0.15, 0.2) is 0 Å². The Morgan fingerprint density at radius 1 is 0.680 bits per heavy atom. The minimum Gasteiger partial charge on any atom is -0.247 e. The molecule has 142 valence electrons. The molecule has 0 N–H and O–H groups in total. The molecule has 0 saturated heterocycles. The zero-order valence-corrected chi connectivity index (χ0v) is 16.4. The monoisotopic (exact) mass is 346 g/mol. The smallest absolute Gasteiger partial charge is 0.100 e. The summed E-state index contributed by atoms with van der Waals surface area (Å²) in [6.07, 6.45) is 18.7. The Kier molecular flexibility index (Phi) is 7.69. The standard InChI is InChI=1S/C24H39F/c1-2-3-4-19-7-13-22(14-8-19)23-15-9-20(10-16-23)5-6-21-11-17-24(25)18-12-21/h19-24H,2-4,7-18H2,1H3. The molecule has 25 heavy (non-hydrogen) atoms. The second-order valence-corrected chi connectivity index (χ2v) is 9.27. The predicted octanol–water partition coefficient (Wildman–Crippen LogP) is 7.32. The molecule has 3 saturated carbocycles. The van der Waals surface area contributed by atoms with Gasteiger partial charge in [-0.1, -0.05) is 50.9 Å². The zero-order chi connectivity index (χ0) is 17.5. The van der Waals surface area contributed by atoms with Gasteiger partial charge in [0.1, 0.15) is 6.17 Å². The van der Waals surface area contributed by atoms with E-state index in [-0.39, 0.29) is 0 Å². The van der Waals surface area contributed by atoms with E-state index >= 15 is 0 Å². The van der Waals surface area contributed by atoms with E-state index in [2.05, 4.69) is 18.8 Å². The minimum atomic E-state index is -0.550. The lowest BCUT2D eigenvalue weighted by molar-refractivity contribution is 0.153. The number of halogens is 1. The molecule has 3 aliphatic rings. The van der Waals surface area contributed by atoms with Crippen molar-refractivity contribution in [3.8, 4) is 11.8 Å². The average Bonchev–Trinajstić information content (AvgIpc) is 2.67. The van der Waals surface area contributed by atoms with E-state index in [9.17, 15) is 4.39 Å². The van der Waals surface area contributed by atoms with Crippen LogP contribution in [0.1, 0.15) is 103 Å². The van der Waals surface area contributed by atoms with Crippen molar-refractivity contribution in [2.24, 2.45) is 29.6 Å². The second-order valence-electron chi connectivity index (χ2n) is 9.27. The molecule has 0 amide bonds. The van der Waals surface area contributed by atoms with Crippen molar-refractivity contribution in [1.29, 1.82) is 0 Å². The largest absolute Gasteiger partial charge is 0.247 e. The van der Waals surface area contributed by atoms with Crippen molar-refractivity contribution in [3.63, 3.8) is 0 Å². The van der Waals surface area contributed by atoms with Crippen molar-refractivity contribution in [2.45, 2.75) is 109 Å². The lowest BCUT2D eigenvalue weighted by Gasteiger charge is -2.37. The molecule has 3 fully saturated rings. The van der Waals surface area contributed by atoms with Crippen molar-refractivity contribution in [2.75, 3.05) is 0 Å². The molecular weight excluding hydrogens is 307 g/mol. The van der Waals surface area contributed by atoms with Crippen LogP contribution >= 0.6 is 0 Å². The first-order valence-corrected chi connectivity index (χ1v) is 11.4. The molecule has 3 aliphatic carbocycles. The molecule has 0 nitrogen and oxygen atoms in total. The predicted molar refractivity (Wildman–Crippen MR) is 105 cm³/mol. The molecule has 0 aromatic heterocycles. The summed E-state index contributed by atoms with van der Waals surface area (Å²) in [5.41, 5.74) is 0. The maximum absolute atomic E-state index is 13.2. The first-order valence-electron chi connectivity index (χ1n) is 11.4. The maximum Gasteiger partial charge on any atom is 0.100 e. The molecule has 0 bridgehead atoms. The Hall–Kier alpha value is -0.510. The SMILES string of the molecule is CCCCC1CCC(C2CCC(C#CC3CCC(F)CC3)CC2)CC1. The van der Waals surface area contributed by atoms with Gasteiger partial charge in [-0.05, 0) is 82.0 Å². The van der Waals surface area contributed by atoms with Gasteiger partial charge in [0, 0.05) is 11.8 Å². The highest BCUT2D eigenvalue weighted by Gasteiger charge is 2.30. The van der Waals surface area contributed by atoms with Crippen LogP contribution in [0, 0.1) is 41.4 Å². The molecule has 0 spiro atoms. The Labute approximate surface area is 155 Å². The van der Waals surface area contributed by atoms with Gasteiger partial charge < -0.3 is 0 Å². The molecule has 0 aromatic rings. The summed E-state index contributed by atoms with van der Waals surface area (Å²) < 4.78 is 13.2. The highest BCUT2D eigenvalue weighted by atomic mass is 19.1. The summed E-state index contributed by atoms with van der Waals surface area (Å²) >= 11 is 0. The fourth-order valence-corrected chi connectivity index (χ4v) is 5.61. The van der Waals surface area contributed by atoms with Crippen LogP contribution < -0.4 is 0 Å². The lowest BCUT2D eigenvalue weighted by Crippen LogP contribution is -2.25. The van der Waals surface area contributed by atoms with Crippen molar-refractivity contribution in [3.05, 3.63) is 0 Å². The van der Waals surface area contributed by atoms with Crippen LogP contribution in [0.5, 0.6) is 0 Å². The molecular formula is C24H39F. The number of unbranched alkanes of at least 4 members (excludes halogenated alkanes) is 1. The van der Waals surface area contributed by atoms with E-state index in [1.165, 1.54) is 70.6 Å². The van der Waals surface area contributed by atoms with Crippen LogP contribution in [0.4, 0.5) is 4.39 Å². The van der Waals surface area contributed by atoms with Crippen molar-refractivity contribution in [1.82, 2.24) is 0 Å². The van der Waals surface area contributed by atoms with Crippen LogP contribution in [0.2, 0.25) is 0 Å². The fourth-order valence-electron chi connectivity index (χ4n) is 5.61.